The van der Waals surface area contributed by atoms with Crippen molar-refractivity contribution < 1.29 is 18.0 Å². The number of aryl methyl sites for hydroxylation is 1. The Morgan fingerprint density at radius 2 is 1.85 bits per heavy atom. The second-order valence-corrected chi connectivity index (χ2v) is 6.05. The largest absolute Gasteiger partial charge is 0.304 e. The molecule has 2 aromatic carbocycles. The van der Waals surface area contributed by atoms with Gasteiger partial charge in [0.25, 0.3) is 5.91 Å². The molecule has 0 radical (unpaired) electrons. The van der Waals surface area contributed by atoms with E-state index in [1.165, 1.54) is 40.0 Å². The fraction of sp³-hybridized carbons (Fsp3) is 0.158. The molecule has 7 heteroatoms. The number of benzene rings is 2. The van der Waals surface area contributed by atoms with Crippen molar-refractivity contribution in [3.63, 3.8) is 0 Å². The van der Waals surface area contributed by atoms with E-state index < -0.39 is 23.4 Å². The molecule has 0 fully saturated rings. The summed E-state index contributed by atoms with van der Waals surface area (Å²) >= 11 is 0. The van der Waals surface area contributed by atoms with E-state index in [0.717, 1.165) is 6.07 Å². The van der Waals surface area contributed by atoms with Crippen LogP contribution in [0.15, 0.2) is 48.7 Å². The van der Waals surface area contributed by atoms with Gasteiger partial charge in [-0.05, 0) is 42.7 Å². The molecule has 0 saturated carbocycles. The third kappa shape index (κ3) is 2.75. The minimum atomic E-state index is -0.776. The van der Waals surface area contributed by atoms with Gasteiger partial charge in [-0.25, -0.2) is 17.9 Å². The van der Waals surface area contributed by atoms with Crippen molar-refractivity contribution in [2.45, 2.75) is 12.8 Å². The first-order chi connectivity index (χ1) is 12.5. The monoisotopic (exact) mass is 357 g/mol. The Bertz CT molecular complexity index is 999. The first-order valence-corrected chi connectivity index (χ1v) is 8.15. The summed E-state index contributed by atoms with van der Waals surface area (Å²) in [5.74, 6) is -2.42. The second kappa shape index (κ2) is 6.33. The highest BCUT2D eigenvalue weighted by Crippen LogP contribution is 2.32. The number of fused-ring (bicyclic) bond motifs is 1. The topological polar surface area (TPSA) is 38.1 Å². The smallest absolute Gasteiger partial charge is 0.278 e. The molecule has 0 atom stereocenters. The Morgan fingerprint density at radius 3 is 2.65 bits per heavy atom. The number of carbonyl (C=O) groups excluding carboxylic acids is 1. The van der Waals surface area contributed by atoms with Crippen molar-refractivity contribution in [1.29, 1.82) is 0 Å². The van der Waals surface area contributed by atoms with E-state index in [-0.39, 0.29) is 17.1 Å². The number of carbonyl (C=O) groups is 1. The molecule has 1 aliphatic rings. The van der Waals surface area contributed by atoms with Crippen LogP contribution in [0.3, 0.4) is 0 Å². The average Bonchev–Trinajstić information content (AvgIpc) is 3.10. The fourth-order valence-electron chi connectivity index (χ4n) is 3.20. The van der Waals surface area contributed by atoms with Crippen molar-refractivity contribution in [3.8, 4) is 5.69 Å². The van der Waals surface area contributed by atoms with Crippen molar-refractivity contribution >= 4 is 11.6 Å². The summed E-state index contributed by atoms with van der Waals surface area (Å²) in [5, 5.41) is 4.13. The maximum absolute atomic E-state index is 14.3. The van der Waals surface area contributed by atoms with Gasteiger partial charge < -0.3 is 4.90 Å². The second-order valence-electron chi connectivity index (χ2n) is 6.05. The molecule has 0 spiro atoms. The van der Waals surface area contributed by atoms with Gasteiger partial charge in [-0.2, -0.15) is 5.10 Å². The van der Waals surface area contributed by atoms with Crippen LogP contribution in [0.2, 0.25) is 0 Å². The number of para-hydroxylation sites is 1. The molecular weight excluding hydrogens is 343 g/mol. The van der Waals surface area contributed by atoms with Crippen LogP contribution in [0.5, 0.6) is 0 Å². The van der Waals surface area contributed by atoms with Crippen LogP contribution in [0, 0.1) is 17.5 Å². The normalized spacial score (nSPS) is 13.6. The number of nitrogens with zero attached hydrogens (tertiary/aromatic N) is 3. The van der Waals surface area contributed by atoms with Gasteiger partial charge in [0, 0.05) is 18.8 Å². The highest BCUT2D eigenvalue weighted by atomic mass is 19.1. The predicted octanol–water partition coefficient (Wildman–Crippen LogP) is 3.88. The van der Waals surface area contributed by atoms with E-state index in [9.17, 15) is 18.0 Å². The van der Waals surface area contributed by atoms with E-state index in [2.05, 4.69) is 5.10 Å². The quantitative estimate of drug-likeness (QED) is 0.698. The molecule has 0 saturated heterocycles. The van der Waals surface area contributed by atoms with Crippen molar-refractivity contribution in [1.82, 2.24) is 9.78 Å². The van der Waals surface area contributed by atoms with Gasteiger partial charge in [0.15, 0.2) is 5.69 Å². The lowest BCUT2D eigenvalue weighted by atomic mass is 10.0. The van der Waals surface area contributed by atoms with Crippen LogP contribution in [0.1, 0.15) is 22.5 Å². The molecule has 0 aliphatic carbocycles. The summed E-state index contributed by atoms with van der Waals surface area (Å²) in [7, 11) is 0. The van der Waals surface area contributed by atoms with E-state index in [1.807, 2.05) is 0 Å². The summed E-state index contributed by atoms with van der Waals surface area (Å²) in [5.41, 5.74) is 0.808. The van der Waals surface area contributed by atoms with Gasteiger partial charge in [-0.15, -0.1) is 0 Å². The number of halogens is 3. The summed E-state index contributed by atoms with van der Waals surface area (Å²) in [6.45, 7) is 0.306. The fourth-order valence-corrected chi connectivity index (χ4v) is 3.20. The summed E-state index contributed by atoms with van der Waals surface area (Å²) in [6.07, 6.45) is 2.56. The van der Waals surface area contributed by atoms with E-state index >= 15 is 0 Å². The third-order valence-electron chi connectivity index (χ3n) is 4.36. The molecule has 4 rings (SSSR count). The Labute approximate surface area is 147 Å². The Kier molecular flexibility index (Phi) is 3.99. The summed E-state index contributed by atoms with van der Waals surface area (Å²) < 4.78 is 42.9. The van der Waals surface area contributed by atoms with Crippen LogP contribution in [-0.2, 0) is 6.42 Å². The third-order valence-corrected chi connectivity index (χ3v) is 4.36. The zero-order valence-corrected chi connectivity index (χ0v) is 13.6. The molecule has 2 heterocycles. The number of hydrogen-bond acceptors (Lipinski definition) is 2. The molecule has 1 amide bonds. The lowest BCUT2D eigenvalue weighted by molar-refractivity contribution is 0.0979. The maximum atomic E-state index is 14.3. The van der Waals surface area contributed by atoms with E-state index in [4.69, 9.17) is 0 Å². The molecule has 26 heavy (non-hydrogen) atoms. The molecule has 3 aromatic rings. The maximum Gasteiger partial charge on any atom is 0.278 e. The SMILES string of the molecule is O=C(c1ccn(-c2ccccc2F)n1)N1CCCc2cc(F)cc(F)c21. The van der Waals surface area contributed by atoms with Crippen LogP contribution in [0.4, 0.5) is 18.9 Å². The summed E-state index contributed by atoms with van der Waals surface area (Å²) in [6, 6.07) is 9.51. The van der Waals surface area contributed by atoms with Gasteiger partial charge in [0.2, 0.25) is 0 Å². The van der Waals surface area contributed by atoms with Gasteiger partial charge >= 0.3 is 0 Å². The van der Waals surface area contributed by atoms with Crippen LogP contribution in [-0.4, -0.2) is 22.2 Å². The Morgan fingerprint density at radius 1 is 1.04 bits per heavy atom. The summed E-state index contributed by atoms with van der Waals surface area (Å²) in [4.78, 5) is 14.1. The Hall–Kier alpha value is -3.09. The van der Waals surface area contributed by atoms with Crippen molar-refractivity contribution in [3.05, 3.63) is 77.4 Å². The van der Waals surface area contributed by atoms with Crippen LogP contribution >= 0.6 is 0 Å². The van der Waals surface area contributed by atoms with E-state index in [0.29, 0.717) is 24.9 Å². The van der Waals surface area contributed by atoms with Crippen molar-refractivity contribution in [2.75, 3.05) is 11.4 Å². The van der Waals surface area contributed by atoms with Gasteiger partial charge in [-0.1, -0.05) is 12.1 Å². The van der Waals surface area contributed by atoms with Crippen LogP contribution in [0.25, 0.3) is 5.69 Å². The average molecular weight is 357 g/mol. The zero-order valence-electron chi connectivity index (χ0n) is 13.6. The highest BCUT2D eigenvalue weighted by molar-refractivity contribution is 6.05. The Balaban J connectivity index is 1.70. The number of rotatable bonds is 2. The molecule has 0 N–H and O–H groups in total. The number of hydrogen-bond donors (Lipinski definition) is 0. The van der Waals surface area contributed by atoms with Gasteiger partial charge in [0.1, 0.15) is 23.1 Å². The van der Waals surface area contributed by atoms with Gasteiger partial charge in [0.05, 0.1) is 5.69 Å². The first-order valence-electron chi connectivity index (χ1n) is 8.15. The molecule has 0 bridgehead atoms. The van der Waals surface area contributed by atoms with Crippen LogP contribution < -0.4 is 4.90 Å². The molecule has 0 unspecified atom stereocenters. The number of aromatic nitrogens is 2. The van der Waals surface area contributed by atoms with Gasteiger partial charge in [-0.3, -0.25) is 4.79 Å². The molecule has 1 aliphatic heterocycles. The first kappa shape index (κ1) is 16.4. The number of anilines is 1. The molecular formula is C19H14F3N3O. The molecule has 4 nitrogen and oxygen atoms in total. The number of amides is 1. The molecule has 132 valence electrons. The minimum Gasteiger partial charge on any atom is -0.304 e. The van der Waals surface area contributed by atoms with E-state index in [1.54, 1.807) is 12.1 Å². The van der Waals surface area contributed by atoms with Crippen molar-refractivity contribution in [2.24, 2.45) is 0 Å². The lowest BCUT2D eigenvalue weighted by Gasteiger charge is -2.29. The standard InChI is InChI=1S/C19H14F3N3O/c20-13-10-12-4-3-8-24(18(12)15(22)11-13)19(26)16-7-9-25(23-16)17-6-2-1-5-14(17)21/h1-2,5-7,9-11H,3-4,8H2. The highest BCUT2D eigenvalue weighted by Gasteiger charge is 2.28. The minimum absolute atomic E-state index is 0.0600. The predicted molar refractivity (Wildman–Crippen MR) is 89.9 cm³/mol. The lowest BCUT2D eigenvalue weighted by Crippen LogP contribution is -2.36. The molecule has 1 aromatic heterocycles. The zero-order chi connectivity index (χ0) is 18.3.